The van der Waals surface area contributed by atoms with Crippen LogP contribution in [0.3, 0.4) is 0 Å². The van der Waals surface area contributed by atoms with Crippen molar-refractivity contribution >= 4 is 11.8 Å². The van der Waals surface area contributed by atoms with Crippen molar-refractivity contribution in [1.29, 1.82) is 5.26 Å². The van der Waals surface area contributed by atoms with Crippen molar-refractivity contribution in [2.45, 2.75) is 31.1 Å². The lowest BCUT2D eigenvalue weighted by atomic mass is 10.1. The zero-order valence-corrected chi connectivity index (χ0v) is 11.1. The lowest BCUT2D eigenvalue weighted by molar-refractivity contribution is 0.568. The van der Waals surface area contributed by atoms with E-state index < -0.39 is 0 Å². The summed E-state index contributed by atoms with van der Waals surface area (Å²) in [4.78, 5) is 0. The highest BCUT2D eigenvalue weighted by Gasteiger charge is 2.13. The van der Waals surface area contributed by atoms with E-state index in [9.17, 15) is 4.39 Å². The average molecular weight is 264 g/mol. The fourth-order valence-electron chi connectivity index (χ4n) is 2.10. The van der Waals surface area contributed by atoms with Gasteiger partial charge in [0, 0.05) is 23.9 Å². The minimum absolute atomic E-state index is 0.294. The third-order valence-electron chi connectivity index (χ3n) is 3.14. The molecule has 1 fully saturated rings. The highest BCUT2D eigenvalue weighted by Crippen LogP contribution is 2.24. The Morgan fingerprint density at radius 1 is 1.44 bits per heavy atom. The highest BCUT2D eigenvalue weighted by molar-refractivity contribution is 7.99. The summed E-state index contributed by atoms with van der Waals surface area (Å²) >= 11 is 2.01. The Bertz CT molecular complexity index is 436. The summed E-state index contributed by atoms with van der Waals surface area (Å²) in [5, 5.41) is 12.6. The van der Waals surface area contributed by atoms with Gasteiger partial charge in [-0.25, -0.2) is 4.39 Å². The number of nitrogens with zero attached hydrogens (tertiary/aromatic N) is 1. The van der Waals surface area contributed by atoms with Crippen molar-refractivity contribution in [1.82, 2.24) is 5.32 Å². The van der Waals surface area contributed by atoms with Crippen LogP contribution in [-0.4, -0.2) is 17.5 Å². The van der Waals surface area contributed by atoms with E-state index >= 15 is 0 Å². The maximum atomic E-state index is 13.6. The van der Waals surface area contributed by atoms with Crippen LogP contribution in [0.5, 0.6) is 0 Å². The maximum absolute atomic E-state index is 13.6. The average Bonchev–Trinajstić information content (AvgIpc) is 2.42. The molecule has 1 aliphatic rings. The Labute approximate surface area is 112 Å². The molecule has 0 spiro atoms. The second kappa shape index (κ2) is 6.77. The van der Waals surface area contributed by atoms with Gasteiger partial charge in [-0.05, 0) is 30.7 Å². The fourth-order valence-corrected chi connectivity index (χ4v) is 3.37. The number of benzene rings is 1. The first-order valence-electron chi connectivity index (χ1n) is 6.30. The van der Waals surface area contributed by atoms with Gasteiger partial charge in [-0.1, -0.05) is 12.5 Å². The number of hydrogen-bond donors (Lipinski definition) is 1. The van der Waals surface area contributed by atoms with E-state index in [2.05, 4.69) is 5.32 Å². The smallest absolute Gasteiger partial charge is 0.129 e. The van der Waals surface area contributed by atoms with Crippen molar-refractivity contribution in [3.05, 3.63) is 35.1 Å². The predicted octanol–water partition coefficient (Wildman–Crippen LogP) is 3.07. The number of nitrogens with one attached hydrogen (secondary N) is 1. The first-order chi connectivity index (χ1) is 8.79. The highest BCUT2D eigenvalue weighted by atomic mass is 32.2. The van der Waals surface area contributed by atoms with Gasteiger partial charge in [0.1, 0.15) is 5.82 Å². The topological polar surface area (TPSA) is 35.8 Å². The third kappa shape index (κ3) is 3.72. The molecule has 0 bridgehead atoms. The zero-order valence-electron chi connectivity index (χ0n) is 10.3. The molecule has 2 nitrogen and oxygen atoms in total. The molecule has 0 aliphatic carbocycles. The van der Waals surface area contributed by atoms with E-state index in [0.29, 0.717) is 22.9 Å². The van der Waals surface area contributed by atoms with Crippen LogP contribution in [0.15, 0.2) is 18.2 Å². The molecule has 0 radical (unpaired) electrons. The molecule has 1 unspecified atom stereocenters. The summed E-state index contributed by atoms with van der Waals surface area (Å²) in [6.07, 6.45) is 3.89. The molecule has 96 valence electrons. The van der Waals surface area contributed by atoms with Gasteiger partial charge >= 0.3 is 0 Å². The molecule has 18 heavy (non-hydrogen) atoms. The Morgan fingerprint density at radius 3 is 3.00 bits per heavy atom. The van der Waals surface area contributed by atoms with Crippen molar-refractivity contribution in [2.24, 2.45) is 0 Å². The van der Waals surface area contributed by atoms with Crippen LogP contribution in [0.2, 0.25) is 0 Å². The molecule has 0 saturated carbocycles. The monoisotopic (exact) mass is 264 g/mol. The van der Waals surface area contributed by atoms with E-state index in [4.69, 9.17) is 5.26 Å². The Balaban J connectivity index is 1.81. The Morgan fingerprint density at radius 2 is 2.33 bits per heavy atom. The molecule has 0 amide bonds. The number of thioether (sulfide) groups is 1. The maximum Gasteiger partial charge on any atom is 0.129 e. The number of halogens is 1. The van der Waals surface area contributed by atoms with Crippen LogP contribution < -0.4 is 5.32 Å². The molecular formula is C14H17FN2S. The van der Waals surface area contributed by atoms with Crippen LogP contribution in [0.4, 0.5) is 4.39 Å². The lowest BCUT2D eigenvalue weighted by Crippen LogP contribution is -2.26. The van der Waals surface area contributed by atoms with E-state index in [-0.39, 0.29) is 5.82 Å². The number of hydrogen-bond acceptors (Lipinski definition) is 3. The Kier molecular flexibility index (Phi) is 5.03. The summed E-state index contributed by atoms with van der Waals surface area (Å²) in [6, 6.07) is 6.59. The van der Waals surface area contributed by atoms with Gasteiger partial charge in [0.25, 0.3) is 0 Å². The number of rotatable bonds is 4. The molecule has 1 N–H and O–H groups in total. The quantitative estimate of drug-likeness (QED) is 0.908. The van der Waals surface area contributed by atoms with Crippen molar-refractivity contribution in [2.75, 3.05) is 12.3 Å². The van der Waals surface area contributed by atoms with Gasteiger partial charge in [0.15, 0.2) is 0 Å². The lowest BCUT2D eigenvalue weighted by Gasteiger charge is -2.21. The second-order valence-electron chi connectivity index (χ2n) is 4.54. The summed E-state index contributed by atoms with van der Waals surface area (Å²) in [6.45, 7) is 1.47. The zero-order chi connectivity index (χ0) is 12.8. The van der Waals surface area contributed by atoms with E-state index in [1.807, 2.05) is 17.8 Å². The van der Waals surface area contributed by atoms with Crippen molar-refractivity contribution in [3.8, 4) is 6.07 Å². The molecule has 1 aromatic carbocycles. The van der Waals surface area contributed by atoms with Gasteiger partial charge in [0.05, 0.1) is 11.6 Å². The standard InChI is InChI=1S/C14H17FN2S/c15-14-7-11(8-16)4-5-12(14)9-17-10-13-3-1-2-6-18-13/h4-5,7,13,17H,1-3,6,9-10H2. The first-order valence-corrected chi connectivity index (χ1v) is 7.35. The molecule has 1 aliphatic heterocycles. The molecule has 1 saturated heterocycles. The molecule has 0 aromatic heterocycles. The van der Waals surface area contributed by atoms with Crippen LogP contribution in [0.1, 0.15) is 30.4 Å². The first kappa shape index (κ1) is 13.4. The molecule has 1 atom stereocenters. The van der Waals surface area contributed by atoms with Gasteiger partial charge in [0.2, 0.25) is 0 Å². The van der Waals surface area contributed by atoms with Crippen molar-refractivity contribution < 1.29 is 4.39 Å². The van der Waals surface area contributed by atoms with Crippen LogP contribution in [-0.2, 0) is 6.54 Å². The van der Waals surface area contributed by atoms with Crippen LogP contribution in [0, 0.1) is 17.1 Å². The SMILES string of the molecule is N#Cc1ccc(CNCC2CCCCS2)c(F)c1. The van der Waals surface area contributed by atoms with E-state index in [0.717, 1.165) is 6.54 Å². The summed E-state index contributed by atoms with van der Waals surface area (Å²) in [7, 11) is 0. The molecule has 2 rings (SSSR count). The molecular weight excluding hydrogens is 247 g/mol. The number of nitriles is 1. The minimum atomic E-state index is -0.294. The molecule has 1 aromatic rings. The van der Waals surface area contributed by atoms with Gasteiger partial charge in [-0.3, -0.25) is 0 Å². The third-order valence-corrected chi connectivity index (χ3v) is 4.54. The molecule has 4 heteroatoms. The second-order valence-corrected chi connectivity index (χ2v) is 5.95. The summed E-state index contributed by atoms with van der Waals surface area (Å²) in [5.74, 6) is 0.954. The van der Waals surface area contributed by atoms with E-state index in [1.54, 1.807) is 12.1 Å². The predicted molar refractivity (Wildman–Crippen MR) is 72.9 cm³/mol. The largest absolute Gasteiger partial charge is 0.311 e. The minimum Gasteiger partial charge on any atom is -0.311 e. The van der Waals surface area contributed by atoms with Crippen molar-refractivity contribution in [3.63, 3.8) is 0 Å². The Hall–Kier alpha value is -1.05. The van der Waals surface area contributed by atoms with E-state index in [1.165, 1.54) is 31.1 Å². The van der Waals surface area contributed by atoms with Crippen LogP contribution >= 0.6 is 11.8 Å². The van der Waals surface area contributed by atoms with Gasteiger partial charge in [-0.15, -0.1) is 0 Å². The summed E-state index contributed by atoms with van der Waals surface area (Å²) in [5.41, 5.74) is 1.01. The summed E-state index contributed by atoms with van der Waals surface area (Å²) < 4.78 is 13.6. The normalized spacial score (nSPS) is 19.4. The fraction of sp³-hybridized carbons (Fsp3) is 0.500. The van der Waals surface area contributed by atoms with Crippen LogP contribution in [0.25, 0.3) is 0 Å². The molecule has 1 heterocycles. The van der Waals surface area contributed by atoms with Gasteiger partial charge in [-0.2, -0.15) is 17.0 Å². The van der Waals surface area contributed by atoms with Gasteiger partial charge < -0.3 is 5.32 Å².